The largest absolute Gasteiger partial charge is 0.423 e. The van der Waals surface area contributed by atoms with Gasteiger partial charge in [0.15, 0.2) is 5.65 Å². The second-order valence-electron chi connectivity index (χ2n) is 4.90. The molecule has 0 spiro atoms. The summed E-state index contributed by atoms with van der Waals surface area (Å²) < 4.78 is 0.540. The van der Waals surface area contributed by atoms with Crippen molar-refractivity contribution in [2.24, 2.45) is 0 Å². The molecule has 0 atom stereocenters. The maximum Gasteiger partial charge on any atom is 0.286 e. The molecule has 22 heavy (non-hydrogen) atoms. The number of nitrogens with one attached hydrogen (secondary N) is 1. The lowest BCUT2D eigenvalue weighted by Crippen LogP contribution is -2.20. The first kappa shape index (κ1) is 14.0. The molecule has 3 aromatic heterocycles. The Morgan fingerprint density at radius 3 is 2.82 bits per heavy atom. The van der Waals surface area contributed by atoms with Crippen LogP contribution in [0.1, 0.15) is 11.3 Å². The molecule has 0 saturated carbocycles. The minimum absolute atomic E-state index is 0.200. The van der Waals surface area contributed by atoms with Gasteiger partial charge < -0.3 is 10.5 Å². The highest BCUT2D eigenvalue weighted by Gasteiger charge is 2.12. The van der Waals surface area contributed by atoms with Gasteiger partial charge in [0.1, 0.15) is 6.33 Å². The van der Waals surface area contributed by atoms with Gasteiger partial charge in [-0.15, -0.1) is 4.73 Å². The first-order chi connectivity index (χ1) is 10.7. The summed E-state index contributed by atoms with van der Waals surface area (Å²) >= 11 is 0. The molecule has 0 radical (unpaired) electrons. The summed E-state index contributed by atoms with van der Waals surface area (Å²) in [5.74, 6) is 0. The molecule has 0 saturated heterocycles. The molecule has 0 aliphatic heterocycles. The maximum absolute atomic E-state index is 11.8. The number of rotatable bonds is 4. The van der Waals surface area contributed by atoms with Crippen molar-refractivity contribution in [1.82, 2.24) is 19.7 Å². The zero-order chi connectivity index (χ0) is 15.5. The van der Waals surface area contributed by atoms with E-state index in [2.05, 4.69) is 20.3 Å². The first-order valence-corrected chi connectivity index (χ1v) is 6.86. The van der Waals surface area contributed by atoms with Crippen LogP contribution >= 0.6 is 0 Å². The Balaban J connectivity index is 1.90. The highest BCUT2D eigenvalue weighted by molar-refractivity contribution is 5.90. The number of pyridine rings is 2. The van der Waals surface area contributed by atoms with E-state index in [1.54, 1.807) is 12.4 Å². The molecule has 3 heterocycles. The number of hydrogen-bond acceptors (Lipinski definition) is 6. The summed E-state index contributed by atoms with van der Waals surface area (Å²) in [4.78, 5) is 23.9. The monoisotopic (exact) mass is 297 g/mol. The normalized spacial score (nSPS) is 10.8. The van der Waals surface area contributed by atoms with Crippen molar-refractivity contribution in [2.45, 2.75) is 13.3 Å². The fourth-order valence-corrected chi connectivity index (χ4v) is 2.33. The molecule has 0 unspecified atom stereocenters. The van der Waals surface area contributed by atoms with Gasteiger partial charge in [-0.05, 0) is 31.0 Å². The minimum atomic E-state index is -0.531. The van der Waals surface area contributed by atoms with E-state index in [1.807, 2.05) is 19.1 Å². The average Bonchev–Trinajstić information content (AvgIpc) is 2.53. The molecular weight excluding hydrogens is 282 g/mol. The molecule has 2 N–H and O–H groups in total. The third-order valence-corrected chi connectivity index (χ3v) is 3.44. The van der Waals surface area contributed by atoms with Crippen LogP contribution in [-0.2, 0) is 6.42 Å². The molecule has 0 bridgehead atoms. The SMILES string of the molecule is Cc1ncnc2c1c(NCCc1ccncc1)cc(=O)n2O. The minimum Gasteiger partial charge on any atom is -0.423 e. The molecule has 0 aliphatic carbocycles. The highest BCUT2D eigenvalue weighted by atomic mass is 16.5. The summed E-state index contributed by atoms with van der Waals surface area (Å²) in [6, 6.07) is 5.24. The summed E-state index contributed by atoms with van der Waals surface area (Å²) in [5, 5.41) is 13.6. The van der Waals surface area contributed by atoms with E-state index in [0.717, 1.165) is 12.0 Å². The van der Waals surface area contributed by atoms with E-state index in [0.29, 0.717) is 28.0 Å². The smallest absolute Gasteiger partial charge is 0.286 e. The van der Waals surface area contributed by atoms with Gasteiger partial charge >= 0.3 is 0 Å². The van der Waals surface area contributed by atoms with Crippen LogP contribution in [0.2, 0.25) is 0 Å². The molecule has 0 amide bonds. The van der Waals surface area contributed by atoms with Gasteiger partial charge in [0.05, 0.1) is 16.8 Å². The van der Waals surface area contributed by atoms with Crippen LogP contribution in [0, 0.1) is 6.92 Å². The quantitative estimate of drug-likeness (QED) is 0.707. The molecule has 7 nitrogen and oxygen atoms in total. The predicted molar refractivity (Wildman–Crippen MR) is 82.2 cm³/mol. The molecule has 7 heteroatoms. The molecule has 3 aromatic rings. The van der Waals surface area contributed by atoms with Gasteiger partial charge in [-0.2, -0.15) is 0 Å². The molecule has 0 fully saturated rings. The Morgan fingerprint density at radius 1 is 1.27 bits per heavy atom. The Hall–Kier alpha value is -2.96. The van der Waals surface area contributed by atoms with Crippen molar-refractivity contribution in [2.75, 3.05) is 11.9 Å². The third kappa shape index (κ3) is 2.60. The second kappa shape index (κ2) is 5.80. The van der Waals surface area contributed by atoms with Crippen LogP contribution in [0.25, 0.3) is 11.0 Å². The lowest BCUT2D eigenvalue weighted by Gasteiger charge is -2.12. The van der Waals surface area contributed by atoms with Crippen LogP contribution in [0.15, 0.2) is 41.7 Å². The van der Waals surface area contributed by atoms with Crippen molar-refractivity contribution < 1.29 is 5.21 Å². The predicted octanol–water partition coefficient (Wildman–Crippen LogP) is 1.39. The zero-order valence-corrected chi connectivity index (χ0v) is 12.0. The number of aromatic nitrogens is 4. The standard InChI is InChI=1S/C15H15N5O2/c1-10-14-12(17-7-4-11-2-5-16-6-3-11)8-13(21)20(22)15(14)19-9-18-10/h2-3,5-6,8-9,17,22H,4,7H2,1H3. The summed E-state index contributed by atoms with van der Waals surface area (Å²) in [5.41, 5.74) is 2.13. The van der Waals surface area contributed by atoms with Crippen LogP contribution in [0.5, 0.6) is 0 Å². The summed E-state index contributed by atoms with van der Waals surface area (Å²) in [6.45, 7) is 2.45. The van der Waals surface area contributed by atoms with Crippen molar-refractivity contribution in [3.63, 3.8) is 0 Å². The third-order valence-electron chi connectivity index (χ3n) is 3.44. The van der Waals surface area contributed by atoms with Crippen molar-refractivity contribution in [3.8, 4) is 0 Å². The van der Waals surface area contributed by atoms with E-state index in [-0.39, 0.29) is 5.65 Å². The molecule has 0 aromatic carbocycles. The highest BCUT2D eigenvalue weighted by Crippen LogP contribution is 2.21. The van der Waals surface area contributed by atoms with E-state index in [4.69, 9.17) is 0 Å². The number of anilines is 1. The van der Waals surface area contributed by atoms with Crippen LogP contribution in [-0.4, -0.2) is 31.4 Å². The van der Waals surface area contributed by atoms with Gasteiger partial charge in [-0.25, -0.2) is 9.97 Å². The number of fused-ring (bicyclic) bond motifs is 1. The van der Waals surface area contributed by atoms with Gasteiger partial charge in [-0.3, -0.25) is 9.78 Å². The van der Waals surface area contributed by atoms with Gasteiger partial charge in [0.25, 0.3) is 5.56 Å². The fraction of sp³-hybridized carbons (Fsp3) is 0.200. The first-order valence-electron chi connectivity index (χ1n) is 6.86. The summed E-state index contributed by atoms with van der Waals surface area (Å²) in [6.07, 6.45) is 5.61. The molecular formula is C15H15N5O2. The average molecular weight is 297 g/mol. The zero-order valence-electron chi connectivity index (χ0n) is 12.0. The maximum atomic E-state index is 11.8. The van der Waals surface area contributed by atoms with Gasteiger partial charge in [-0.1, -0.05) is 0 Å². The van der Waals surface area contributed by atoms with E-state index < -0.39 is 5.56 Å². The van der Waals surface area contributed by atoms with Crippen molar-refractivity contribution in [1.29, 1.82) is 0 Å². The van der Waals surface area contributed by atoms with E-state index in [9.17, 15) is 10.0 Å². The van der Waals surface area contributed by atoms with Gasteiger partial charge in [0, 0.05) is 25.0 Å². The molecule has 112 valence electrons. The van der Waals surface area contributed by atoms with Crippen molar-refractivity contribution in [3.05, 3.63) is 58.5 Å². The topological polar surface area (TPSA) is 92.9 Å². The number of hydrogen-bond donors (Lipinski definition) is 2. The molecule has 3 rings (SSSR count). The lowest BCUT2D eigenvalue weighted by molar-refractivity contribution is 0.186. The Morgan fingerprint density at radius 2 is 2.05 bits per heavy atom. The molecule has 0 aliphatic rings. The lowest BCUT2D eigenvalue weighted by atomic mass is 10.2. The van der Waals surface area contributed by atoms with Crippen LogP contribution < -0.4 is 10.9 Å². The number of aryl methyl sites for hydroxylation is 1. The van der Waals surface area contributed by atoms with Crippen LogP contribution in [0.4, 0.5) is 5.69 Å². The van der Waals surface area contributed by atoms with Gasteiger partial charge in [0.2, 0.25) is 0 Å². The van der Waals surface area contributed by atoms with E-state index >= 15 is 0 Å². The van der Waals surface area contributed by atoms with E-state index in [1.165, 1.54) is 12.4 Å². The second-order valence-corrected chi connectivity index (χ2v) is 4.90. The summed E-state index contributed by atoms with van der Waals surface area (Å²) in [7, 11) is 0. The fourth-order valence-electron chi connectivity index (χ4n) is 2.33. The number of nitrogens with zero attached hydrogens (tertiary/aromatic N) is 4. The van der Waals surface area contributed by atoms with Crippen molar-refractivity contribution >= 4 is 16.7 Å². The Kier molecular flexibility index (Phi) is 3.69. The Bertz CT molecular complexity index is 861. The van der Waals surface area contributed by atoms with Crippen LogP contribution in [0.3, 0.4) is 0 Å². The Labute approximate surface area is 126 Å².